The molecular weight excluding hydrogens is 388 g/mol. The third kappa shape index (κ3) is 3.88. The highest BCUT2D eigenvalue weighted by Crippen LogP contribution is 2.33. The predicted octanol–water partition coefficient (Wildman–Crippen LogP) is 2.99. The Hall–Kier alpha value is -3.13. The van der Waals surface area contributed by atoms with E-state index >= 15 is 0 Å². The van der Waals surface area contributed by atoms with E-state index in [4.69, 9.17) is 0 Å². The summed E-state index contributed by atoms with van der Waals surface area (Å²) in [5.74, 6) is -0.952. The molecule has 0 N–H and O–H groups in total. The number of benzene rings is 1. The third-order valence-electron chi connectivity index (χ3n) is 4.85. The first-order chi connectivity index (χ1) is 13.9. The largest absolute Gasteiger partial charge is 0.282 e. The van der Waals surface area contributed by atoms with Gasteiger partial charge in [-0.2, -0.15) is 0 Å². The fraction of sp³-hybridized carbons (Fsp3) is 0.286. The lowest BCUT2D eigenvalue weighted by Crippen LogP contribution is -2.42. The van der Waals surface area contributed by atoms with Crippen molar-refractivity contribution in [3.63, 3.8) is 0 Å². The summed E-state index contributed by atoms with van der Waals surface area (Å²) >= 11 is 1.43. The van der Waals surface area contributed by atoms with Gasteiger partial charge in [0.15, 0.2) is 5.13 Å². The molecule has 0 radical (unpaired) electrons. The van der Waals surface area contributed by atoms with Crippen LogP contribution in [0.15, 0.2) is 36.7 Å². The molecule has 0 unspecified atom stereocenters. The Kier molecular flexibility index (Phi) is 5.10. The van der Waals surface area contributed by atoms with Crippen LogP contribution in [0.1, 0.15) is 29.5 Å². The average Bonchev–Trinajstić information content (AvgIpc) is 3.25. The molecule has 0 aliphatic carbocycles. The normalized spacial score (nSPS) is 14.1. The fourth-order valence-electron chi connectivity index (χ4n) is 3.44. The second-order valence-corrected chi connectivity index (χ2v) is 8.12. The van der Waals surface area contributed by atoms with Crippen molar-refractivity contribution < 1.29 is 14.4 Å². The van der Waals surface area contributed by atoms with E-state index in [1.165, 1.54) is 16.2 Å². The molecule has 1 aliphatic heterocycles. The van der Waals surface area contributed by atoms with Gasteiger partial charge in [0, 0.05) is 25.2 Å². The third-order valence-corrected chi connectivity index (χ3v) is 6.08. The number of likely N-dealkylation sites (tertiary alicyclic amines) is 1. The second kappa shape index (κ2) is 7.71. The minimum absolute atomic E-state index is 0.161. The van der Waals surface area contributed by atoms with Gasteiger partial charge in [-0.1, -0.05) is 23.5 Å². The van der Waals surface area contributed by atoms with Crippen molar-refractivity contribution in [1.82, 2.24) is 14.9 Å². The molecular formula is C21H20N4O3S. The molecule has 1 aliphatic rings. The van der Waals surface area contributed by atoms with Gasteiger partial charge in [-0.3, -0.25) is 29.2 Å². The van der Waals surface area contributed by atoms with Crippen molar-refractivity contribution in [2.45, 2.75) is 33.2 Å². The molecule has 1 saturated heterocycles. The summed E-state index contributed by atoms with van der Waals surface area (Å²) in [5, 5.41) is 0.543. The number of hydrogen-bond donors (Lipinski definition) is 0. The lowest BCUT2D eigenvalue weighted by Gasteiger charge is -2.22. The molecule has 0 saturated carbocycles. The number of imide groups is 1. The number of amides is 3. The number of thiazole rings is 1. The summed E-state index contributed by atoms with van der Waals surface area (Å²) in [6, 6.07) is 7.75. The van der Waals surface area contributed by atoms with Gasteiger partial charge in [0.2, 0.25) is 17.7 Å². The van der Waals surface area contributed by atoms with Crippen LogP contribution >= 0.6 is 11.3 Å². The minimum atomic E-state index is -0.342. The summed E-state index contributed by atoms with van der Waals surface area (Å²) in [6.45, 7) is 4.02. The Labute approximate surface area is 172 Å². The SMILES string of the molecule is Cc1cc(C)c2sc(N(Cc3cccnc3)C(=O)CN3C(=O)CCC3=O)nc2c1. The van der Waals surface area contributed by atoms with Crippen LogP contribution in [0.3, 0.4) is 0 Å². The quantitative estimate of drug-likeness (QED) is 0.606. The summed E-state index contributed by atoms with van der Waals surface area (Å²) in [6.07, 6.45) is 3.68. The van der Waals surface area contributed by atoms with Crippen molar-refractivity contribution >= 4 is 44.4 Å². The summed E-state index contributed by atoms with van der Waals surface area (Å²) < 4.78 is 1.02. The highest BCUT2D eigenvalue weighted by Gasteiger charge is 2.33. The number of anilines is 1. The maximum atomic E-state index is 13.1. The summed E-state index contributed by atoms with van der Waals surface area (Å²) in [4.78, 5) is 48.5. The average molecular weight is 408 g/mol. The number of fused-ring (bicyclic) bond motifs is 1. The van der Waals surface area contributed by atoms with Crippen LogP contribution in [0.2, 0.25) is 0 Å². The van der Waals surface area contributed by atoms with Crippen LogP contribution in [-0.4, -0.2) is 39.1 Å². The molecule has 0 bridgehead atoms. The number of nitrogens with zero attached hydrogens (tertiary/aromatic N) is 4. The highest BCUT2D eigenvalue weighted by atomic mass is 32.1. The number of aryl methyl sites for hydroxylation is 2. The zero-order valence-corrected chi connectivity index (χ0v) is 17.0. The van der Waals surface area contributed by atoms with Crippen LogP contribution in [0.25, 0.3) is 10.2 Å². The van der Waals surface area contributed by atoms with E-state index in [9.17, 15) is 14.4 Å². The van der Waals surface area contributed by atoms with Gasteiger partial charge in [-0.25, -0.2) is 4.98 Å². The second-order valence-electron chi connectivity index (χ2n) is 7.14. The molecule has 1 aromatic carbocycles. The topological polar surface area (TPSA) is 83.5 Å². The Balaban J connectivity index is 1.70. The van der Waals surface area contributed by atoms with Crippen molar-refractivity contribution in [3.05, 3.63) is 53.3 Å². The number of carbonyl (C=O) groups is 3. The number of pyridine rings is 1. The van der Waals surface area contributed by atoms with Crippen LogP contribution in [0.5, 0.6) is 0 Å². The van der Waals surface area contributed by atoms with Gasteiger partial charge in [0.1, 0.15) is 6.54 Å². The summed E-state index contributed by atoms with van der Waals surface area (Å²) in [7, 11) is 0. The fourth-order valence-corrected chi connectivity index (χ4v) is 4.47. The van der Waals surface area contributed by atoms with E-state index in [1.54, 1.807) is 18.5 Å². The van der Waals surface area contributed by atoms with Gasteiger partial charge in [-0.05, 0) is 42.7 Å². The first-order valence-corrected chi connectivity index (χ1v) is 10.1. The van der Waals surface area contributed by atoms with Crippen molar-refractivity contribution in [2.24, 2.45) is 0 Å². The van der Waals surface area contributed by atoms with E-state index in [0.717, 1.165) is 31.8 Å². The Bertz CT molecular complexity index is 1090. The van der Waals surface area contributed by atoms with Gasteiger partial charge in [0.25, 0.3) is 0 Å². The van der Waals surface area contributed by atoms with E-state index in [1.807, 2.05) is 26.0 Å². The van der Waals surface area contributed by atoms with Crippen molar-refractivity contribution in [1.29, 1.82) is 0 Å². The smallest absolute Gasteiger partial charge is 0.249 e. The number of rotatable bonds is 5. The predicted molar refractivity (Wildman–Crippen MR) is 110 cm³/mol. The molecule has 29 heavy (non-hydrogen) atoms. The number of carbonyl (C=O) groups excluding carboxylic acids is 3. The van der Waals surface area contributed by atoms with Gasteiger partial charge in [0.05, 0.1) is 16.8 Å². The Morgan fingerprint density at radius 3 is 2.66 bits per heavy atom. The lowest BCUT2D eigenvalue weighted by atomic mass is 10.1. The molecule has 0 spiro atoms. The first kappa shape index (κ1) is 19.2. The van der Waals surface area contributed by atoms with Crippen LogP contribution < -0.4 is 4.90 Å². The first-order valence-electron chi connectivity index (χ1n) is 9.32. The standard InChI is InChI=1S/C21H20N4O3S/c1-13-8-14(2)20-16(9-13)23-21(29-20)25(11-15-4-3-7-22-10-15)19(28)12-24-17(26)5-6-18(24)27/h3-4,7-10H,5-6,11-12H2,1-2H3. The molecule has 3 amide bonds. The minimum Gasteiger partial charge on any atom is -0.282 e. The molecule has 4 rings (SSSR count). The Morgan fingerprint density at radius 2 is 1.97 bits per heavy atom. The summed E-state index contributed by atoms with van der Waals surface area (Å²) in [5.41, 5.74) is 3.87. The van der Waals surface area contributed by atoms with Crippen LogP contribution in [-0.2, 0) is 20.9 Å². The molecule has 0 atom stereocenters. The maximum Gasteiger partial charge on any atom is 0.249 e. The molecule has 2 aromatic heterocycles. The molecule has 7 nitrogen and oxygen atoms in total. The molecule has 3 heterocycles. The molecule has 1 fully saturated rings. The van der Waals surface area contributed by atoms with Gasteiger partial charge in [-0.15, -0.1) is 0 Å². The zero-order valence-electron chi connectivity index (χ0n) is 16.2. The van der Waals surface area contributed by atoms with Crippen molar-refractivity contribution in [2.75, 3.05) is 11.4 Å². The van der Waals surface area contributed by atoms with Gasteiger partial charge >= 0.3 is 0 Å². The van der Waals surface area contributed by atoms with Crippen molar-refractivity contribution in [3.8, 4) is 0 Å². The lowest BCUT2D eigenvalue weighted by molar-refractivity contribution is -0.141. The molecule has 148 valence electrons. The monoisotopic (exact) mass is 408 g/mol. The Morgan fingerprint density at radius 1 is 1.21 bits per heavy atom. The van der Waals surface area contributed by atoms with E-state index in [0.29, 0.717) is 5.13 Å². The highest BCUT2D eigenvalue weighted by molar-refractivity contribution is 7.22. The maximum absolute atomic E-state index is 13.1. The molecule has 8 heteroatoms. The van der Waals surface area contributed by atoms with Gasteiger partial charge < -0.3 is 0 Å². The number of aromatic nitrogens is 2. The van der Waals surface area contributed by atoms with E-state index in [2.05, 4.69) is 16.0 Å². The zero-order chi connectivity index (χ0) is 20.5. The van der Waals surface area contributed by atoms with E-state index in [-0.39, 0.29) is 43.7 Å². The number of hydrogen-bond acceptors (Lipinski definition) is 6. The molecule has 3 aromatic rings. The van der Waals surface area contributed by atoms with E-state index < -0.39 is 0 Å². The van der Waals surface area contributed by atoms with Crippen LogP contribution in [0.4, 0.5) is 5.13 Å². The van der Waals surface area contributed by atoms with Crippen LogP contribution in [0, 0.1) is 13.8 Å².